The number of benzene rings is 1. The maximum absolute atomic E-state index is 11.7. The summed E-state index contributed by atoms with van der Waals surface area (Å²) in [6, 6.07) is 12.0. The Morgan fingerprint density at radius 2 is 2.05 bits per heavy atom. The summed E-state index contributed by atoms with van der Waals surface area (Å²) in [5.74, 6) is 0.667. The van der Waals surface area contributed by atoms with Crippen molar-refractivity contribution >= 4 is 11.7 Å². The van der Waals surface area contributed by atoms with E-state index in [1.807, 2.05) is 35.1 Å². The number of ether oxygens (including phenoxy) is 1. The van der Waals surface area contributed by atoms with Crippen LogP contribution in [0.5, 0.6) is 0 Å². The molecule has 1 aliphatic rings. The Kier molecular flexibility index (Phi) is 3.29. The number of carbonyl (C=O) groups excluding carboxylic acids is 1. The normalized spacial score (nSPS) is 15.8. The summed E-state index contributed by atoms with van der Waals surface area (Å²) in [6.45, 7) is 1.99. The molecule has 1 amide bonds. The molecule has 0 spiro atoms. The summed E-state index contributed by atoms with van der Waals surface area (Å²) < 4.78 is 6.95. The number of rotatable bonds is 3. The van der Waals surface area contributed by atoms with Crippen LogP contribution in [0.1, 0.15) is 5.56 Å². The molecule has 98 valence electrons. The highest BCUT2D eigenvalue weighted by Gasteiger charge is 2.21. The van der Waals surface area contributed by atoms with Crippen molar-refractivity contribution in [1.29, 1.82) is 0 Å². The molecule has 0 N–H and O–H groups in total. The minimum Gasteiger partial charge on any atom is -0.370 e. The molecular formula is C14H15N3O2. The molecule has 2 aromatic rings. The molecule has 0 aliphatic carbocycles. The lowest BCUT2D eigenvalue weighted by Crippen LogP contribution is -2.41. The first-order valence-corrected chi connectivity index (χ1v) is 6.28. The molecule has 5 heteroatoms. The fourth-order valence-electron chi connectivity index (χ4n) is 2.11. The van der Waals surface area contributed by atoms with Gasteiger partial charge in [-0.25, -0.2) is 0 Å². The number of nitrogens with zero attached hydrogens (tertiary/aromatic N) is 3. The smallest absolute Gasteiger partial charge is 0.254 e. The molecule has 5 nitrogen and oxygen atoms in total. The van der Waals surface area contributed by atoms with E-state index in [1.165, 1.54) is 5.56 Å². The fourth-order valence-corrected chi connectivity index (χ4v) is 2.11. The monoisotopic (exact) mass is 257 g/mol. The van der Waals surface area contributed by atoms with Crippen LogP contribution in [0.4, 0.5) is 5.82 Å². The molecule has 0 saturated carbocycles. The number of morpholine rings is 1. The maximum atomic E-state index is 11.7. The molecular weight excluding hydrogens is 242 g/mol. The van der Waals surface area contributed by atoms with Crippen molar-refractivity contribution in [2.75, 3.05) is 24.7 Å². The molecule has 1 saturated heterocycles. The van der Waals surface area contributed by atoms with Crippen LogP contribution in [0.15, 0.2) is 42.6 Å². The van der Waals surface area contributed by atoms with Crippen molar-refractivity contribution in [3.63, 3.8) is 0 Å². The van der Waals surface area contributed by atoms with Gasteiger partial charge in [-0.15, -0.1) is 0 Å². The van der Waals surface area contributed by atoms with Crippen LogP contribution < -0.4 is 4.90 Å². The fraction of sp³-hybridized carbons (Fsp3) is 0.286. The van der Waals surface area contributed by atoms with Crippen molar-refractivity contribution in [3.05, 3.63) is 48.2 Å². The number of anilines is 1. The van der Waals surface area contributed by atoms with Gasteiger partial charge in [0, 0.05) is 12.3 Å². The van der Waals surface area contributed by atoms with Crippen LogP contribution >= 0.6 is 0 Å². The Hall–Kier alpha value is -2.14. The number of hydrogen-bond donors (Lipinski definition) is 0. The van der Waals surface area contributed by atoms with E-state index in [4.69, 9.17) is 4.74 Å². The quantitative estimate of drug-likeness (QED) is 0.832. The first kappa shape index (κ1) is 11.9. The number of aromatic nitrogens is 2. The lowest BCUT2D eigenvalue weighted by Gasteiger charge is -2.24. The molecule has 0 bridgehead atoms. The van der Waals surface area contributed by atoms with Gasteiger partial charge in [-0.3, -0.25) is 14.4 Å². The Morgan fingerprint density at radius 3 is 2.84 bits per heavy atom. The molecule has 3 rings (SSSR count). The van der Waals surface area contributed by atoms with Gasteiger partial charge in [0.2, 0.25) is 0 Å². The minimum absolute atomic E-state index is 0.0313. The summed E-state index contributed by atoms with van der Waals surface area (Å²) in [5.41, 5.74) is 1.19. The van der Waals surface area contributed by atoms with Crippen LogP contribution in [0.3, 0.4) is 0 Å². The molecule has 19 heavy (non-hydrogen) atoms. The Morgan fingerprint density at radius 1 is 1.21 bits per heavy atom. The molecule has 2 heterocycles. The van der Waals surface area contributed by atoms with Crippen LogP contribution in [-0.4, -0.2) is 35.4 Å². The number of carbonyl (C=O) groups is 1. The van der Waals surface area contributed by atoms with Gasteiger partial charge in [0.05, 0.1) is 19.7 Å². The van der Waals surface area contributed by atoms with E-state index in [0.29, 0.717) is 25.5 Å². The third-order valence-electron chi connectivity index (χ3n) is 3.08. The van der Waals surface area contributed by atoms with Gasteiger partial charge in [-0.05, 0) is 5.56 Å². The SMILES string of the molecule is O=C1COCCN1c1ccn(Cc2ccccc2)n1. The average Bonchev–Trinajstić information content (AvgIpc) is 2.89. The molecule has 0 radical (unpaired) electrons. The third-order valence-corrected chi connectivity index (χ3v) is 3.08. The summed E-state index contributed by atoms with van der Waals surface area (Å²) >= 11 is 0. The first-order valence-electron chi connectivity index (χ1n) is 6.28. The minimum atomic E-state index is -0.0313. The van der Waals surface area contributed by atoms with E-state index in [9.17, 15) is 4.79 Å². The Balaban J connectivity index is 1.74. The van der Waals surface area contributed by atoms with Crippen LogP contribution in [-0.2, 0) is 16.1 Å². The van der Waals surface area contributed by atoms with E-state index in [2.05, 4.69) is 17.2 Å². The Bertz CT molecular complexity index is 565. The van der Waals surface area contributed by atoms with Gasteiger partial charge in [-0.1, -0.05) is 30.3 Å². The lowest BCUT2D eigenvalue weighted by atomic mass is 10.2. The predicted octanol–water partition coefficient (Wildman–Crippen LogP) is 1.29. The first-order chi connectivity index (χ1) is 9.33. The maximum Gasteiger partial charge on any atom is 0.254 e. The van der Waals surface area contributed by atoms with Gasteiger partial charge in [-0.2, -0.15) is 5.10 Å². The second-order valence-electron chi connectivity index (χ2n) is 4.46. The van der Waals surface area contributed by atoms with Crippen LogP contribution in [0.25, 0.3) is 0 Å². The largest absolute Gasteiger partial charge is 0.370 e. The van der Waals surface area contributed by atoms with E-state index in [-0.39, 0.29) is 12.5 Å². The van der Waals surface area contributed by atoms with Crippen LogP contribution in [0, 0.1) is 0 Å². The zero-order chi connectivity index (χ0) is 13.1. The number of amides is 1. The highest BCUT2D eigenvalue weighted by atomic mass is 16.5. The highest BCUT2D eigenvalue weighted by Crippen LogP contribution is 2.14. The van der Waals surface area contributed by atoms with Crippen molar-refractivity contribution in [2.45, 2.75) is 6.54 Å². The second-order valence-corrected chi connectivity index (χ2v) is 4.46. The summed E-state index contributed by atoms with van der Waals surface area (Å²) in [7, 11) is 0. The third kappa shape index (κ3) is 2.66. The van der Waals surface area contributed by atoms with Crippen LogP contribution in [0.2, 0.25) is 0 Å². The van der Waals surface area contributed by atoms with E-state index in [0.717, 1.165) is 0 Å². The highest BCUT2D eigenvalue weighted by molar-refractivity contribution is 5.93. The summed E-state index contributed by atoms with van der Waals surface area (Å²) in [6.07, 6.45) is 1.89. The molecule has 0 atom stereocenters. The van der Waals surface area contributed by atoms with Gasteiger partial charge >= 0.3 is 0 Å². The van der Waals surface area contributed by atoms with E-state index >= 15 is 0 Å². The van der Waals surface area contributed by atoms with E-state index < -0.39 is 0 Å². The van der Waals surface area contributed by atoms with Crippen molar-refractivity contribution in [2.24, 2.45) is 0 Å². The van der Waals surface area contributed by atoms with Crippen molar-refractivity contribution in [3.8, 4) is 0 Å². The van der Waals surface area contributed by atoms with Crippen molar-refractivity contribution in [1.82, 2.24) is 9.78 Å². The van der Waals surface area contributed by atoms with E-state index in [1.54, 1.807) is 4.90 Å². The summed E-state index contributed by atoms with van der Waals surface area (Å²) in [4.78, 5) is 13.4. The lowest BCUT2D eigenvalue weighted by molar-refractivity contribution is -0.125. The number of hydrogen-bond acceptors (Lipinski definition) is 3. The second kappa shape index (κ2) is 5.24. The van der Waals surface area contributed by atoms with Gasteiger partial charge in [0.1, 0.15) is 6.61 Å². The molecule has 1 aromatic carbocycles. The Labute approximate surface area is 111 Å². The zero-order valence-corrected chi connectivity index (χ0v) is 10.5. The summed E-state index contributed by atoms with van der Waals surface area (Å²) in [5, 5.41) is 4.45. The van der Waals surface area contributed by atoms with Gasteiger partial charge in [0.15, 0.2) is 5.82 Å². The molecule has 1 fully saturated rings. The van der Waals surface area contributed by atoms with Gasteiger partial charge < -0.3 is 4.74 Å². The molecule has 1 aliphatic heterocycles. The molecule has 0 unspecified atom stereocenters. The standard InChI is InChI=1S/C14H15N3O2/c18-14-11-19-9-8-17(14)13-6-7-16(15-13)10-12-4-2-1-3-5-12/h1-7H,8-11H2. The zero-order valence-electron chi connectivity index (χ0n) is 10.5. The predicted molar refractivity (Wildman–Crippen MR) is 70.9 cm³/mol. The molecule has 1 aromatic heterocycles. The van der Waals surface area contributed by atoms with Crippen molar-refractivity contribution < 1.29 is 9.53 Å². The average molecular weight is 257 g/mol. The topological polar surface area (TPSA) is 47.4 Å². The van der Waals surface area contributed by atoms with Gasteiger partial charge in [0.25, 0.3) is 5.91 Å².